The van der Waals surface area contributed by atoms with E-state index in [0.29, 0.717) is 5.52 Å². The van der Waals surface area contributed by atoms with E-state index in [9.17, 15) is 18.0 Å². The third-order valence-corrected chi connectivity index (χ3v) is 2.42. The summed E-state index contributed by atoms with van der Waals surface area (Å²) in [6.45, 7) is -1.41. The van der Waals surface area contributed by atoms with Crippen molar-refractivity contribution in [2.24, 2.45) is 0 Å². The molecule has 0 fully saturated rings. The molecule has 0 atom stereocenters. The number of nitrogens with zero attached hydrogens (tertiary/aromatic N) is 1. The smallest absolute Gasteiger partial charge is 0.411 e. The summed E-state index contributed by atoms with van der Waals surface area (Å²) in [7, 11) is 0. The Balaban J connectivity index is 1.89. The van der Waals surface area contributed by atoms with Gasteiger partial charge in [-0.2, -0.15) is 18.2 Å². The van der Waals surface area contributed by atoms with Crippen LogP contribution in [0.25, 0.3) is 11.1 Å². The standard InChI is InChI=1S/C12H11F3N2O4/c13-12(14,15)6-20-4-3-16-11-17-8-2-1-7(10(18)19)5-9(8)21-11/h1-2,5H,3-4,6H2,(H,16,17)(H,18,19). The summed E-state index contributed by atoms with van der Waals surface area (Å²) in [6.07, 6.45) is -4.36. The van der Waals surface area contributed by atoms with Crippen LogP contribution in [0.2, 0.25) is 0 Å². The Morgan fingerprint density at radius 2 is 2.19 bits per heavy atom. The van der Waals surface area contributed by atoms with Gasteiger partial charge in [-0.15, -0.1) is 0 Å². The normalized spacial score (nSPS) is 11.8. The van der Waals surface area contributed by atoms with Crippen molar-refractivity contribution in [1.82, 2.24) is 4.98 Å². The number of rotatable bonds is 6. The number of benzene rings is 1. The largest absolute Gasteiger partial charge is 0.478 e. The van der Waals surface area contributed by atoms with Gasteiger partial charge in [0.05, 0.1) is 12.2 Å². The Kier molecular flexibility index (Phi) is 4.32. The van der Waals surface area contributed by atoms with Gasteiger partial charge < -0.3 is 19.6 Å². The molecule has 2 N–H and O–H groups in total. The van der Waals surface area contributed by atoms with E-state index < -0.39 is 18.8 Å². The van der Waals surface area contributed by atoms with E-state index in [4.69, 9.17) is 9.52 Å². The molecule has 0 unspecified atom stereocenters. The Hall–Kier alpha value is -2.29. The van der Waals surface area contributed by atoms with Crippen molar-refractivity contribution in [2.45, 2.75) is 6.18 Å². The number of anilines is 1. The molecule has 2 rings (SSSR count). The first-order chi connectivity index (χ1) is 9.85. The first-order valence-corrected chi connectivity index (χ1v) is 5.87. The number of fused-ring (bicyclic) bond motifs is 1. The maximum atomic E-state index is 11.8. The number of carboxylic acid groups (broad SMARTS) is 1. The number of hydrogen-bond donors (Lipinski definition) is 2. The summed E-state index contributed by atoms with van der Waals surface area (Å²) >= 11 is 0. The number of aromatic nitrogens is 1. The van der Waals surface area contributed by atoms with Crippen molar-refractivity contribution in [1.29, 1.82) is 0 Å². The SMILES string of the molecule is O=C(O)c1ccc2nc(NCCOCC(F)(F)F)oc2c1. The molecule has 0 bridgehead atoms. The van der Waals surface area contributed by atoms with Crippen LogP contribution in [0.1, 0.15) is 10.4 Å². The molecule has 0 amide bonds. The Labute approximate surface area is 116 Å². The minimum Gasteiger partial charge on any atom is -0.478 e. The molecule has 0 spiro atoms. The molecule has 0 radical (unpaired) electrons. The van der Waals surface area contributed by atoms with Crippen LogP contribution in [0.15, 0.2) is 22.6 Å². The molecule has 0 aliphatic rings. The molecule has 0 saturated heterocycles. The average molecular weight is 304 g/mol. The van der Waals surface area contributed by atoms with Crippen molar-refractivity contribution >= 4 is 23.1 Å². The summed E-state index contributed by atoms with van der Waals surface area (Å²) in [5.74, 6) is -1.09. The number of nitrogens with one attached hydrogen (secondary N) is 1. The number of hydrogen-bond acceptors (Lipinski definition) is 5. The van der Waals surface area contributed by atoms with Crippen LogP contribution >= 0.6 is 0 Å². The van der Waals surface area contributed by atoms with Gasteiger partial charge in [-0.05, 0) is 18.2 Å². The molecule has 0 saturated carbocycles. The Morgan fingerprint density at radius 3 is 2.86 bits per heavy atom. The highest BCUT2D eigenvalue weighted by atomic mass is 19.4. The van der Waals surface area contributed by atoms with Crippen LogP contribution in [0, 0.1) is 0 Å². The van der Waals surface area contributed by atoms with Crippen molar-refractivity contribution in [3.8, 4) is 0 Å². The zero-order valence-electron chi connectivity index (χ0n) is 10.6. The molecular weight excluding hydrogens is 293 g/mol. The molecule has 9 heteroatoms. The monoisotopic (exact) mass is 304 g/mol. The number of halogens is 3. The molecule has 0 aliphatic heterocycles. The van der Waals surface area contributed by atoms with Crippen LogP contribution < -0.4 is 5.32 Å². The molecular formula is C12H11F3N2O4. The van der Waals surface area contributed by atoms with Crippen LogP contribution in [0.5, 0.6) is 0 Å². The van der Waals surface area contributed by atoms with Gasteiger partial charge in [0, 0.05) is 6.54 Å². The molecule has 1 aromatic heterocycles. The predicted molar refractivity (Wildman–Crippen MR) is 66.3 cm³/mol. The van der Waals surface area contributed by atoms with Gasteiger partial charge in [0.25, 0.3) is 6.01 Å². The highest BCUT2D eigenvalue weighted by Crippen LogP contribution is 2.20. The van der Waals surface area contributed by atoms with E-state index in [2.05, 4.69) is 15.0 Å². The number of alkyl halides is 3. The molecule has 114 valence electrons. The van der Waals surface area contributed by atoms with Crippen molar-refractivity contribution in [3.63, 3.8) is 0 Å². The second kappa shape index (κ2) is 6.00. The lowest BCUT2D eigenvalue weighted by molar-refractivity contribution is -0.172. The summed E-state index contributed by atoms with van der Waals surface area (Å²) in [5, 5.41) is 11.5. The predicted octanol–water partition coefficient (Wildman–Crippen LogP) is 2.52. The van der Waals surface area contributed by atoms with Crippen molar-refractivity contribution in [3.05, 3.63) is 23.8 Å². The summed E-state index contributed by atoms with van der Waals surface area (Å²) in [4.78, 5) is 14.8. The average Bonchev–Trinajstić information content (AvgIpc) is 2.78. The lowest BCUT2D eigenvalue weighted by atomic mass is 10.2. The molecule has 6 nitrogen and oxygen atoms in total. The number of carboxylic acids is 1. The fourth-order valence-electron chi connectivity index (χ4n) is 1.55. The highest BCUT2D eigenvalue weighted by Gasteiger charge is 2.27. The first kappa shape index (κ1) is 15.1. The van der Waals surface area contributed by atoms with E-state index >= 15 is 0 Å². The quantitative estimate of drug-likeness (QED) is 0.798. The molecule has 21 heavy (non-hydrogen) atoms. The van der Waals surface area contributed by atoms with E-state index in [1.807, 2.05) is 0 Å². The minimum atomic E-state index is -4.36. The Bertz CT molecular complexity index is 639. The lowest BCUT2D eigenvalue weighted by Crippen LogP contribution is -2.20. The Morgan fingerprint density at radius 1 is 1.43 bits per heavy atom. The van der Waals surface area contributed by atoms with Crippen molar-refractivity contribution < 1.29 is 32.2 Å². The van der Waals surface area contributed by atoms with Gasteiger partial charge in [0.2, 0.25) is 0 Å². The van der Waals surface area contributed by atoms with Gasteiger partial charge in [-0.3, -0.25) is 0 Å². The summed E-state index contributed by atoms with van der Waals surface area (Å²) < 4.78 is 45.1. The van der Waals surface area contributed by atoms with E-state index in [0.717, 1.165) is 0 Å². The zero-order chi connectivity index (χ0) is 15.5. The topological polar surface area (TPSA) is 84.6 Å². The molecule has 0 aliphatic carbocycles. The number of aromatic carboxylic acids is 1. The maximum Gasteiger partial charge on any atom is 0.411 e. The van der Waals surface area contributed by atoms with Gasteiger partial charge in [0.15, 0.2) is 5.58 Å². The summed E-state index contributed by atoms with van der Waals surface area (Å²) in [5.41, 5.74) is 0.769. The zero-order valence-corrected chi connectivity index (χ0v) is 10.6. The van der Waals surface area contributed by atoms with Crippen LogP contribution in [0.4, 0.5) is 19.2 Å². The van der Waals surface area contributed by atoms with Gasteiger partial charge in [0.1, 0.15) is 12.1 Å². The van der Waals surface area contributed by atoms with Gasteiger partial charge >= 0.3 is 12.1 Å². The van der Waals surface area contributed by atoms with E-state index in [-0.39, 0.29) is 30.3 Å². The van der Waals surface area contributed by atoms with E-state index in [1.165, 1.54) is 18.2 Å². The summed E-state index contributed by atoms with van der Waals surface area (Å²) in [6, 6.07) is 4.26. The van der Waals surface area contributed by atoms with Crippen LogP contribution in [0.3, 0.4) is 0 Å². The second-order valence-electron chi connectivity index (χ2n) is 4.10. The molecule has 1 heterocycles. The fourth-order valence-corrected chi connectivity index (χ4v) is 1.55. The maximum absolute atomic E-state index is 11.8. The first-order valence-electron chi connectivity index (χ1n) is 5.87. The van der Waals surface area contributed by atoms with Gasteiger partial charge in [-0.1, -0.05) is 0 Å². The number of ether oxygens (including phenoxy) is 1. The van der Waals surface area contributed by atoms with Crippen LogP contribution in [-0.4, -0.2) is 42.0 Å². The molecule has 2 aromatic rings. The van der Waals surface area contributed by atoms with Crippen LogP contribution in [-0.2, 0) is 4.74 Å². The number of oxazole rings is 1. The van der Waals surface area contributed by atoms with Crippen molar-refractivity contribution in [2.75, 3.05) is 25.1 Å². The highest BCUT2D eigenvalue weighted by molar-refractivity contribution is 5.92. The number of carbonyl (C=O) groups is 1. The van der Waals surface area contributed by atoms with E-state index in [1.54, 1.807) is 0 Å². The molecule has 1 aromatic carbocycles. The second-order valence-corrected chi connectivity index (χ2v) is 4.10. The minimum absolute atomic E-state index is 0.0544. The van der Waals surface area contributed by atoms with Gasteiger partial charge in [-0.25, -0.2) is 4.79 Å². The fraction of sp³-hybridized carbons (Fsp3) is 0.333. The lowest BCUT2D eigenvalue weighted by Gasteiger charge is -2.07. The third kappa shape index (κ3) is 4.35. The third-order valence-electron chi connectivity index (χ3n) is 2.42.